The standard InChI is InChI=1S/C23H31F3N8O/c1-14-8-33(20-27-6-17(7-28-20)23(24,25)26)9-15(2)34(14)21(35)31-18-4-22(5-18)11-32(12-22)10-19-16(3)29-13-30-19/h6-7,13-15,18H,4-5,8-12H2,1-3H3,(H,29,30)(H,31,35)/t14-,15+. The number of aryl methyl sites for hydroxylation is 1. The smallest absolute Gasteiger partial charge is 0.348 e. The fourth-order valence-electron chi connectivity index (χ4n) is 5.88. The molecule has 2 saturated heterocycles. The van der Waals surface area contributed by atoms with Gasteiger partial charge in [0.05, 0.1) is 17.6 Å². The average molecular weight is 493 g/mol. The molecule has 3 fully saturated rings. The van der Waals surface area contributed by atoms with Crippen molar-refractivity contribution >= 4 is 12.0 Å². The van der Waals surface area contributed by atoms with Gasteiger partial charge in [0.2, 0.25) is 5.95 Å². The molecule has 0 radical (unpaired) electrons. The molecule has 35 heavy (non-hydrogen) atoms. The third kappa shape index (κ3) is 4.67. The number of aromatic amines is 1. The summed E-state index contributed by atoms with van der Waals surface area (Å²) in [6.07, 6.45) is 0.842. The molecule has 1 aliphatic carbocycles. The SMILES string of the molecule is Cc1[nH]cnc1CN1CC2(CC(NC(=O)N3[C@H](C)CN(c4ncc(C(F)(F)F)cn4)C[C@@H]3C)C2)C1. The molecular formula is C23H31F3N8O. The number of imidazole rings is 1. The number of aromatic nitrogens is 4. The van der Waals surface area contributed by atoms with Crippen molar-refractivity contribution < 1.29 is 18.0 Å². The number of carbonyl (C=O) groups excluding carboxylic acids is 1. The van der Waals surface area contributed by atoms with Gasteiger partial charge in [-0.2, -0.15) is 13.2 Å². The molecule has 2 aromatic heterocycles. The first-order chi connectivity index (χ1) is 16.5. The Morgan fingerprint density at radius 3 is 2.31 bits per heavy atom. The highest BCUT2D eigenvalue weighted by molar-refractivity contribution is 5.76. The zero-order valence-corrected chi connectivity index (χ0v) is 20.1. The third-order valence-electron chi connectivity index (χ3n) is 7.51. The molecule has 3 aliphatic rings. The Hall–Kier alpha value is -2.89. The van der Waals surface area contributed by atoms with Crippen LogP contribution in [0, 0.1) is 12.3 Å². The normalized spacial score (nSPS) is 24.9. The number of rotatable bonds is 4. The van der Waals surface area contributed by atoms with Crippen LogP contribution in [0.15, 0.2) is 18.7 Å². The molecule has 2 aliphatic heterocycles. The van der Waals surface area contributed by atoms with Crippen LogP contribution in [0.1, 0.15) is 43.6 Å². The number of piperazine rings is 1. The van der Waals surface area contributed by atoms with Crippen LogP contribution in [0.2, 0.25) is 0 Å². The first kappa shape index (κ1) is 23.8. The summed E-state index contributed by atoms with van der Waals surface area (Å²) in [6, 6.07) is -0.168. The molecule has 0 bridgehead atoms. The van der Waals surface area contributed by atoms with Crippen LogP contribution < -0.4 is 10.2 Å². The predicted molar refractivity (Wildman–Crippen MR) is 123 cm³/mol. The Balaban J connectivity index is 1.10. The highest BCUT2D eigenvalue weighted by atomic mass is 19.4. The quantitative estimate of drug-likeness (QED) is 0.682. The average Bonchev–Trinajstić information content (AvgIpc) is 3.14. The van der Waals surface area contributed by atoms with Crippen LogP contribution in [-0.2, 0) is 12.7 Å². The Bertz CT molecular complexity index is 1050. The van der Waals surface area contributed by atoms with Crippen LogP contribution in [0.4, 0.5) is 23.9 Å². The molecule has 1 spiro atoms. The van der Waals surface area contributed by atoms with Gasteiger partial charge in [-0.15, -0.1) is 0 Å². The van der Waals surface area contributed by atoms with E-state index in [1.165, 1.54) is 0 Å². The van der Waals surface area contributed by atoms with E-state index in [1.54, 1.807) is 6.33 Å². The minimum absolute atomic E-state index is 0.0823. The lowest BCUT2D eigenvalue weighted by molar-refractivity contribution is -0.138. The summed E-state index contributed by atoms with van der Waals surface area (Å²) < 4.78 is 38.4. The van der Waals surface area contributed by atoms with Gasteiger partial charge in [0.1, 0.15) is 0 Å². The van der Waals surface area contributed by atoms with E-state index in [2.05, 4.69) is 30.2 Å². The summed E-state index contributed by atoms with van der Waals surface area (Å²) in [5, 5.41) is 3.19. The number of hydrogen-bond donors (Lipinski definition) is 2. The van der Waals surface area contributed by atoms with Gasteiger partial charge in [-0.1, -0.05) is 0 Å². The van der Waals surface area contributed by atoms with E-state index in [-0.39, 0.29) is 30.1 Å². The maximum atomic E-state index is 13.1. The van der Waals surface area contributed by atoms with Crippen LogP contribution in [0.3, 0.4) is 0 Å². The van der Waals surface area contributed by atoms with Gasteiger partial charge in [-0.3, -0.25) is 4.90 Å². The lowest BCUT2D eigenvalue weighted by Gasteiger charge is -2.59. The molecule has 2 N–H and O–H groups in total. The van der Waals surface area contributed by atoms with Crippen molar-refractivity contribution in [3.63, 3.8) is 0 Å². The van der Waals surface area contributed by atoms with E-state index in [0.29, 0.717) is 18.5 Å². The number of urea groups is 1. The van der Waals surface area contributed by atoms with Crippen molar-refractivity contribution in [3.05, 3.63) is 35.7 Å². The number of carbonyl (C=O) groups is 1. The van der Waals surface area contributed by atoms with E-state index in [9.17, 15) is 18.0 Å². The van der Waals surface area contributed by atoms with Gasteiger partial charge in [0.15, 0.2) is 0 Å². The van der Waals surface area contributed by atoms with E-state index >= 15 is 0 Å². The number of hydrogen-bond acceptors (Lipinski definition) is 6. The van der Waals surface area contributed by atoms with Gasteiger partial charge >= 0.3 is 12.2 Å². The Morgan fingerprint density at radius 1 is 1.14 bits per heavy atom. The summed E-state index contributed by atoms with van der Waals surface area (Å²) in [6.45, 7) is 9.75. The number of anilines is 1. The van der Waals surface area contributed by atoms with E-state index < -0.39 is 11.7 Å². The molecule has 2 atom stereocenters. The molecule has 1 saturated carbocycles. The lowest BCUT2D eigenvalue weighted by atomic mass is 9.60. The van der Waals surface area contributed by atoms with Gasteiger partial charge in [-0.05, 0) is 39.0 Å². The number of amides is 2. The first-order valence-corrected chi connectivity index (χ1v) is 12.0. The molecule has 0 aromatic carbocycles. The molecule has 12 heteroatoms. The predicted octanol–water partition coefficient (Wildman–Crippen LogP) is 2.80. The highest BCUT2D eigenvalue weighted by Crippen LogP contribution is 2.48. The Labute approximate surface area is 202 Å². The summed E-state index contributed by atoms with van der Waals surface area (Å²) in [7, 11) is 0. The van der Waals surface area contributed by atoms with Crippen LogP contribution >= 0.6 is 0 Å². The summed E-state index contributed by atoms with van der Waals surface area (Å²) in [5.41, 5.74) is 1.63. The van der Waals surface area contributed by atoms with Crippen LogP contribution in [0.25, 0.3) is 0 Å². The summed E-state index contributed by atoms with van der Waals surface area (Å²) in [5.74, 6) is 0.247. The van der Waals surface area contributed by atoms with E-state index in [4.69, 9.17) is 0 Å². The fourth-order valence-corrected chi connectivity index (χ4v) is 5.88. The number of likely N-dealkylation sites (tertiary alicyclic amines) is 1. The van der Waals surface area contributed by atoms with Gasteiger partial charge in [-0.25, -0.2) is 19.7 Å². The summed E-state index contributed by atoms with van der Waals surface area (Å²) >= 11 is 0. The number of H-pyrrole nitrogens is 1. The molecule has 5 rings (SSSR count). The molecule has 2 aromatic rings. The molecule has 2 amide bonds. The van der Waals surface area contributed by atoms with Crippen molar-refractivity contribution in [1.82, 2.24) is 35.1 Å². The van der Waals surface area contributed by atoms with Crippen LogP contribution in [-0.4, -0.2) is 80.1 Å². The minimum Gasteiger partial charge on any atom is -0.348 e. The van der Waals surface area contributed by atoms with Gasteiger partial charge in [0.25, 0.3) is 0 Å². The van der Waals surface area contributed by atoms with Crippen molar-refractivity contribution in [2.75, 3.05) is 31.1 Å². The monoisotopic (exact) mass is 492 g/mol. The molecule has 190 valence electrons. The van der Waals surface area contributed by atoms with Crippen molar-refractivity contribution in [3.8, 4) is 0 Å². The first-order valence-electron chi connectivity index (χ1n) is 12.0. The second-order valence-electron chi connectivity index (χ2n) is 10.5. The zero-order valence-electron chi connectivity index (χ0n) is 20.1. The van der Waals surface area contributed by atoms with E-state index in [1.807, 2.05) is 30.6 Å². The second kappa shape index (κ2) is 8.65. The van der Waals surface area contributed by atoms with Gasteiger partial charge in [0, 0.05) is 68.9 Å². The Kier molecular flexibility index (Phi) is 5.89. The fraction of sp³-hybridized carbons (Fsp3) is 0.652. The zero-order chi connectivity index (χ0) is 25.0. The molecular weight excluding hydrogens is 461 g/mol. The second-order valence-corrected chi connectivity index (χ2v) is 10.5. The van der Waals surface area contributed by atoms with Gasteiger partial charge < -0.3 is 20.1 Å². The minimum atomic E-state index is -4.47. The topological polar surface area (TPSA) is 93.3 Å². The van der Waals surface area contributed by atoms with Crippen molar-refractivity contribution in [1.29, 1.82) is 0 Å². The number of nitrogens with one attached hydrogen (secondary N) is 2. The number of halogens is 3. The number of nitrogens with zero attached hydrogens (tertiary/aromatic N) is 6. The van der Waals surface area contributed by atoms with Crippen molar-refractivity contribution in [2.24, 2.45) is 5.41 Å². The summed E-state index contributed by atoms with van der Waals surface area (Å²) in [4.78, 5) is 34.4. The molecule has 9 nitrogen and oxygen atoms in total. The van der Waals surface area contributed by atoms with E-state index in [0.717, 1.165) is 56.3 Å². The highest BCUT2D eigenvalue weighted by Gasteiger charge is 2.53. The Morgan fingerprint density at radius 2 is 1.77 bits per heavy atom. The molecule has 0 unspecified atom stereocenters. The largest absolute Gasteiger partial charge is 0.419 e. The molecule has 4 heterocycles. The maximum Gasteiger partial charge on any atom is 0.419 e. The third-order valence-corrected chi connectivity index (χ3v) is 7.51. The van der Waals surface area contributed by atoms with Crippen molar-refractivity contribution in [2.45, 2.75) is 64.5 Å². The maximum absolute atomic E-state index is 13.1. The number of alkyl halides is 3. The lowest BCUT2D eigenvalue weighted by Crippen LogP contribution is -2.68. The van der Waals surface area contributed by atoms with Crippen LogP contribution in [0.5, 0.6) is 0 Å².